The second-order valence-corrected chi connectivity index (χ2v) is 9.23. The number of nitrogens with one attached hydrogen (secondary N) is 1. The number of hydrogen-bond acceptors (Lipinski definition) is 5. The molecule has 0 fully saturated rings. The van der Waals surface area contributed by atoms with Crippen molar-refractivity contribution in [2.24, 2.45) is 0 Å². The maximum absolute atomic E-state index is 12.4. The van der Waals surface area contributed by atoms with Crippen molar-refractivity contribution >= 4 is 38.5 Å². The number of carbonyl (C=O) groups excluding carboxylic acids is 1. The van der Waals surface area contributed by atoms with Crippen molar-refractivity contribution < 1.29 is 13.2 Å². The summed E-state index contributed by atoms with van der Waals surface area (Å²) in [5, 5.41) is 4.14. The molecule has 0 amide bonds. The Morgan fingerprint density at radius 1 is 1.16 bits per heavy atom. The lowest BCUT2D eigenvalue weighted by Crippen LogP contribution is -2.26. The Hall–Kier alpha value is -1.80. The average Bonchev–Trinajstić information content (AvgIpc) is 3.26. The molecule has 0 aliphatic rings. The van der Waals surface area contributed by atoms with E-state index in [0.717, 1.165) is 4.88 Å². The van der Waals surface area contributed by atoms with Gasteiger partial charge in [0, 0.05) is 27.4 Å². The third-order valence-electron chi connectivity index (χ3n) is 3.68. The summed E-state index contributed by atoms with van der Waals surface area (Å²) < 4.78 is 27.3. The van der Waals surface area contributed by atoms with E-state index in [-0.39, 0.29) is 10.7 Å². The molecule has 1 N–H and O–H groups in total. The fourth-order valence-electron chi connectivity index (χ4n) is 2.35. The molecule has 1 aromatic carbocycles. The summed E-state index contributed by atoms with van der Waals surface area (Å²) in [5.74, 6) is -0.156. The molecule has 3 rings (SSSR count). The van der Waals surface area contributed by atoms with Gasteiger partial charge in [0.25, 0.3) is 0 Å². The molecule has 0 saturated carbocycles. The van der Waals surface area contributed by atoms with Gasteiger partial charge in [0.15, 0.2) is 5.78 Å². The lowest BCUT2D eigenvalue weighted by Gasteiger charge is -2.07. The first-order chi connectivity index (χ1) is 12.0. The first-order valence-electron chi connectivity index (χ1n) is 7.68. The SMILES string of the molecule is CC(=O)c1cccc(S(=O)(=O)NCCc2ccc(-c3ccsc3)s2)c1. The summed E-state index contributed by atoms with van der Waals surface area (Å²) >= 11 is 3.33. The summed E-state index contributed by atoms with van der Waals surface area (Å²) in [5.41, 5.74) is 1.59. The van der Waals surface area contributed by atoms with Crippen LogP contribution >= 0.6 is 22.7 Å². The fourth-order valence-corrected chi connectivity index (χ4v) is 5.16. The molecule has 0 radical (unpaired) electrons. The van der Waals surface area contributed by atoms with Crippen molar-refractivity contribution in [1.29, 1.82) is 0 Å². The highest BCUT2D eigenvalue weighted by molar-refractivity contribution is 7.89. The van der Waals surface area contributed by atoms with E-state index >= 15 is 0 Å². The Bertz CT molecular complexity index is 973. The van der Waals surface area contributed by atoms with Crippen LogP contribution in [0.15, 0.2) is 58.1 Å². The predicted octanol–water partition coefficient (Wildman–Crippen LogP) is 4.20. The van der Waals surface area contributed by atoms with Crippen LogP contribution < -0.4 is 4.72 Å². The number of hydrogen-bond donors (Lipinski definition) is 1. The van der Waals surface area contributed by atoms with Crippen LogP contribution in [0, 0.1) is 0 Å². The van der Waals surface area contributed by atoms with E-state index in [2.05, 4.69) is 22.2 Å². The summed E-state index contributed by atoms with van der Waals surface area (Å²) in [4.78, 5) is 13.8. The van der Waals surface area contributed by atoms with Crippen molar-refractivity contribution in [2.45, 2.75) is 18.2 Å². The minimum absolute atomic E-state index is 0.116. The molecule has 0 unspecified atom stereocenters. The van der Waals surface area contributed by atoms with Gasteiger partial charge >= 0.3 is 0 Å². The maximum Gasteiger partial charge on any atom is 0.240 e. The third-order valence-corrected chi connectivity index (χ3v) is 7.02. The van der Waals surface area contributed by atoms with Crippen LogP contribution in [-0.4, -0.2) is 20.7 Å². The van der Waals surface area contributed by atoms with Crippen LogP contribution in [0.4, 0.5) is 0 Å². The van der Waals surface area contributed by atoms with Gasteiger partial charge in [0.05, 0.1) is 4.90 Å². The summed E-state index contributed by atoms with van der Waals surface area (Å²) in [6.45, 7) is 1.73. The van der Waals surface area contributed by atoms with Gasteiger partial charge < -0.3 is 0 Å². The number of Topliss-reactive ketones (excluding diaryl/α,β-unsaturated/α-hetero) is 1. The van der Waals surface area contributed by atoms with Gasteiger partial charge in [-0.05, 0) is 54.4 Å². The zero-order valence-corrected chi connectivity index (χ0v) is 16.0. The fraction of sp³-hybridized carbons (Fsp3) is 0.167. The van der Waals surface area contributed by atoms with Crippen LogP contribution in [0.5, 0.6) is 0 Å². The number of carbonyl (C=O) groups is 1. The molecule has 25 heavy (non-hydrogen) atoms. The van der Waals surface area contributed by atoms with Gasteiger partial charge in [-0.25, -0.2) is 13.1 Å². The smallest absolute Gasteiger partial charge is 0.240 e. The molecular weight excluding hydrogens is 374 g/mol. The third kappa shape index (κ3) is 4.43. The van der Waals surface area contributed by atoms with Crippen LogP contribution in [0.2, 0.25) is 0 Å². The standard InChI is InChI=1S/C18H17NO3S3/c1-13(20)14-3-2-4-17(11-14)25(21,22)19-9-7-16-5-6-18(24-16)15-8-10-23-12-15/h2-6,8,10-12,19H,7,9H2,1H3. The molecule has 130 valence electrons. The molecule has 3 aromatic rings. The number of sulfonamides is 1. The van der Waals surface area contributed by atoms with Crippen LogP contribution in [0.25, 0.3) is 10.4 Å². The van der Waals surface area contributed by atoms with Crippen LogP contribution in [0.3, 0.4) is 0 Å². The Morgan fingerprint density at radius 2 is 2.00 bits per heavy atom. The zero-order chi connectivity index (χ0) is 17.9. The lowest BCUT2D eigenvalue weighted by molar-refractivity contribution is 0.101. The van der Waals surface area contributed by atoms with Gasteiger partial charge in [-0.2, -0.15) is 11.3 Å². The minimum atomic E-state index is -3.62. The first kappa shape index (κ1) is 18.0. The Kier molecular flexibility index (Phi) is 5.48. The highest BCUT2D eigenvalue weighted by atomic mass is 32.2. The number of ketones is 1. The van der Waals surface area contributed by atoms with E-state index in [1.807, 2.05) is 11.4 Å². The molecule has 0 spiro atoms. The lowest BCUT2D eigenvalue weighted by atomic mass is 10.2. The predicted molar refractivity (Wildman–Crippen MR) is 103 cm³/mol. The van der Waals surface area contributed by atoms with E-state index < -0.39 is 10.0 Å². The van der Waals surface area contributed by atoms with Crippen LogP contribution in [-0.2, 0) is 16.4 Å². The summed E-state index contributed by atoms with van der Waals surface area (Å²) in [7, 11) is -3.62. The van der Waals surface area contributed by atoms with E-state index in [1.54, 1.807) is 34.8 Å². The molecule has 2 heterocycles. The Balaban J connectivity index is 1.63. The quantitative estimate of drug-likeness (QED) is 0.614. The van der Waals surface area contributed by atoms with Crippen molar-refractivity contribution in [1.82, 2.24) is 4.72 Å². The highest BCUT2D eigenvalue weighted by Gasteiger charge is 2.15. The van der Waals surface area contributed by atoms with E-state index in [0.29, 0.717) is 18.5 Å². The largest absolute Gasteiger partial charge is 0.295 e. The van der Waals surface area contributed by atoms with Gasteiger partial charge in [-0.1, -0.05) is 12.1 Å². The topological polar surface area (TPSA) is 63.2 Å². The molecule has 0 bridgehead atoms. The Morgan fingerprint density at radius 3 is 2.72 bits per heavy atom. The summed E-state index contributed by atoms with van der Waals surface area (Å²) in [6.07, 6.45) is 0.625. The van der Waals surface area contributed by atoms with Crippen molar-refractivity contribution in [3.8, 4) is 10.4 Å². The van der Waals surface area contributed by atoms with Crippen molar-refractivity contribution in [2.75, 3.05) is 6.54 Å². The van der Waals surface area contributed by atoms with Gasteiger partial charge in [0.2, 0.25) is 10.0 Å². The zero-order valence-electron chi connectivity index (χ0n) is 13.6. The normalized spacial score (nSPS) is 11.6. The minimum Gasteiger partial charge on any atom is -0.295 e. The summed E-state index contributed by atoms with van der Waals surface area (Å²) in [6, 6.07) is 12.3. The molecular formula is C18H17NO3S3. The molecule has 4 nitrogen and oxygen atoms in total. The molecule has 0 aliphatic heterocycles. The molecule has 0 atom stereocenters. The Labute approximate surface area is 155 Å². The molecule has 0 aliphatic carbocycles. The first-order valence-corrected chi connectivity index (χ1v) is 10.9. The highest BCUT2D eigenvalue weighted by Crippen LogP contribution is 2.29. The molecule has 7 heteroatoms. The molecule has 0 saturated heterocycles. The van der Waals surface area contributed by atoms with Gasteiger partial charge in [-0.3, -0.25) is 4.79 Å². The monoisotopic (exact) mass is 391 g/mol. The van der Waals surface area contributed by atoms with Gasteiger partial charge in [0.1, 0.15) is 0 Å². The molecule has 2 aromatic heterocycles. The van der Waals surface area contributed by atoms with E-state index in [9.17, 15) is 13.2 Å². The van der Waals surface area contributed by atoms with Crippen molar-refractivity contribution in [3.63, 3.8) is 0 Å². The average molecular weight is 392 g/mol. The van der Waals surface area contributed by atoms with Crippen molar-refractivity contribution in [3.05, 3.63) is 63.7 Å². The van der Waals surface area contributed by atoms with E-state index in [1.165, 1.54) is 29.5 Å². The van der Waals surface area contributed by atoms with E-state index in [4.69, 9.17) is 0 Å². The van der Waals surface area contributed by atoms with Gasteiger partial charge in [-0.15, -0.1) is 11.3 Å². The number of benzene rings is 1. The second-order valence-electron chi connectivity index (χ2n) is 5.51. The second kappa shape index (κ2) is 7.61. The maximum atomic E-state index is 12.4. The number of rotatable bonds is 7. The van der Waals surface area contributed by atoms with Crippen LogP contribution in [0.1, 0.15) is 22.2 Å². The number of thiophene rings is 2.